The van der Waals surface area contributed by atoms with Crippen LogP contribution in [0.1, 0.15) is 55.8 Å². The van der Waals surface area contributed by atoms with Crippen molar-refractivity contribution in [3.05, 3.63) is 59.8 Å². The molecule has 2 heterocycles. The van der Waals surface area contributed by atoms with Gasteiger partial charge in [-0.3, -0.25) is 0 Å². The van der Waals surface area contributed by atoms with Gasteiger partial charge in [-0.1, -0.05) is 17.0 Å². The third kappa shape index (κ3) is 4.33. The Labute approximate surface area is 176 Å². The molecule has 3 aromatic rings. The molecule has 0 spiro atoms. The third-order valence-electron chi connectivity index (χ3n) is 5.79. The number of nitrogens with one attached hydrogen (secondary N) is 1. The molecule has 0 amide bonds. The van der Waals surface area contributed by atoms with E-state index in [0.717, 1.165) is 28.6 Å². The van der Waals surface area contributed by atoms with Gasteiger partial charge in [-0.15, -0.1) is 0 Å². The van der Waals surface area contributed by atoms with Gasteiger partial charge < -0.3 is 19.5 Å². The van der Waals surface area contributed by atoms with Crippen molar-refractivity contribution in [1.29, 1.82) is 0 Å². The lowest BCUT2D eigenvalue weighted by Crippen LogP contribution is -2.41. The molecule has 1 aromatic carbocycles. The maximum Gasteiger partial charge on any atom is 0.167 e. The van der Waals surface area contributed by atoms with Crippen molar-refractivity contribution >= 4 is 0 Å². The van der Waals surface area contributed by atoms with Crippen molar-refractivity contribution < 1.29 is 9.63 Å². The summed E-state index contributed by atoms with van der Waals surface area (Å²) < 4.78 is 7.39. The first-order valence-electron chi connectivity index (χ1n) is 10.7. The molecular weight excluding hydrogens is 376 g/mol. The van der Waals surface area contributed by atoms with Crippen molar-refractivity contribution in [3.63, 3.8) is 0 Å². The first-order valence-corrected chi connectivity index (χ1v) is 10.7. The Balaban J connectivity index is 1.19. The van der Waals surface area contributed by atoms with E-state index in [2.05, 4.69) is 27.3 Å². The van der Waals surface area contributed by atoms with Crippen LogP contribution < -0.4 is 5.32 Å². The van der Waals surface area contributed by atoms with Crippen LogP contribution in [0.4, 0.5) is 0 Å². The van der Waals surface area contributed by atoms with Gasteiger partial charge in [0.05, 0.1) is 6.54 Å². The summed E-state index contributed by atoms with van der Waals surface area (Å²) in [7, 11) is 0. The highest BCUT2D eigenvalue weighted by atomic mass is 16.5. The number of aliphatic hydroxyl groups excluding tert-OH is 1. The van der Waals surface area contributed by atoms with E-state index in [1.54, 1.807) is 13.1 Å². The third-order valence-corrected chi connectivity index (χ3v) is 5.79. The number of benzene rings is 1. The predicted molar refractivity (Wildman–Crippen MR) is 113 cm³/mol. The van der Waals surface area contributed by atoms with E-state index in [4.69, 9.17) is 4.52 Å². The quantitative estimate of drug-likeness (QED) is 0.617. The van der Waals surface area contributed by atoms with Crippen molar-refractivity contribution in [2.45, 2.75) is 57.3 Å². The maximum absolute atomic E-state index is 9.79. The Hall–Kier alpha value is -2.88. The molecular formula is C24H26N4O2. The highest BCUT2D eigenvalue weighted by Crippen LogP contribution is 2.30. The second-order valence-corrected chi connectivity index (χ2v) is 8.42. The molecule has 2 fully saturated rings. The first-order chi connectivity index (χ1) is 14.6. The minimum Gasteiger partial charge on any atom is -0.385 e. The lowest BCUT2D eigenvalue weighted by molar-refractivity contribution is 0.184. The molecule has 2 N–H and O–H groups in total. The van der Waals surface area contributed by atoms with Gasteiger partial charge in [-0.25, -0.2) is 4.98 Å². The average Bonchev–Trinajstić information content (AvgIpc) is 3.21. The van der Waals surface area contributed by atoms with Crippen LogP contribution in [0.15, 0.2) is 47.2 Å². The minimum atomic E-state index is -0.625. The molecule has 0 unspecified atom stereocenters. The second kappa shape index (κ2) is 8.10. The molecule has 2 saturated carbocycles. The van der Waals surface area contributed by atoms with Gasteiger partial charge in [-0.05, 0) is 56.9 Å². The first kappa shape index (κ1) is 19.1. The van der Waals surface area contributed by atoms with Crippen LogP contribution in [-0.4, -0.2) is 31.9 Å². The van der Waals surface area contributed by atoms with Crippen LogP contribution in [0.5, 0.6) is 0 Å². The summed E-state index contributed by atoms with van der Waals surface area (Å²) in [5, 5.41) is 17.6. The summed E-state index contributed by atoms with van der Waals surface area (Å²) in [5.41, 5.74) is 2.78. The summed E-state index contributed by atoms with van der Waals surface area (Å²) in [6, 6.07) is 11.5. The van der Waals surface area contributed by atoms with Gasteiger partial charge in [0.1, 0.15) is 17.6 Å². The molecule has 2 aromatic heterocycles. The number of rotatable bonds is 6. The summed E-state index contributed by atoms with van der Waals surface area (Å²) >= 11 is 0. The molecule has 5 rings (SSSR count). The maximum atomic E-state index is 9.79. The smallest absolute Gasteiger partial charge is 0.167 e. The fraction of sp³-hybridized carbons (Fsp3) is 0.417. The molecule has 30 heavy (non-hydrogen) atoms. The molecule has 154 valence electrons. The fourth-order valence-electron chi connectivity index (χ4n) is 3.88. The normalized spacial score (nSPS) is 21.5. The van der Waals surface area contributed by atoms with E-state index in [9.17, 15) is 5.11 Å². The Morgan fingerprint density at radius 2 is 2.03 bits per heavy atom. The van der Waals surface area contributed by atoms with E-state index >= 15 is 0 Å². The van der Waals surface area contributed by atoms with Gasteiger partial charge in [0.15, 0.2) is 5.76 Å². The second-order valence-electron chi connectivity index (χ2n) is 8.42. The SMILES string of the molecule is C[C@H](O)c1nccn1Cc1cc(-c2ccc(C#CC3CC(NC4CC4)C3)cc2)on1. The zero-order valence-electron chi connectivity index (χ0n) is 17.1. The van der Waals surface area contributed by atoms with Crippen LogP contribution in [0.3, 0.4) is 0 Å². The van der Waals surface area contributed by atoms with Crippen LogP contribution in [0.2, 0.25) is 0 Å². The number of aromatic nitrogens is 3. The zero-order chi connectivity index (χ0) is 20.5. The molecule has 2 aliphatic carbocycles. The lowest BCUT2D eigenvalue weighted by atomic mass is 9.80. The van der Waals surface area contributed by atoms with Crippen LogP contribution in [-0.2, 0) is 6.54 Å². The molecule has 0 aliphatic heterocycles. The fourth-order valence-corrected chi connectivity index (χ4v) is 3.88. The van der Waals surface area contributed by atoms with Crippen molar-refractivity contribution in [2.24, 2.45) is 5.92 Å². The standard InChI is InChI=1S/C24H26N4O2/c1-16(29)24-25-10-11-28(24)15-22-14-23(30-27-22)19-6-4-17(5-7-19)2-3-18-12-21(13-18)26-20-8-9-20/h4-7,10-11,14,16,18,20-21,26,29H,8-9,12-13,15H2,1H3/t16-,18?,21?/m0/s1. The highest BCUT2D eigenvalue weighted by Gasteiger charge is 2.32. The number of hydrogen-bond acceptors (Lipinski definition) is 5. The number of aliphatic hydroxyl groups is 1. The van der Waals surface area contributed by atoms with E-state index in [1.807, 2.05) is 41.1 Å². The van der Waals surface area contributed by atoms with Gasteiger partial charge in [0.25, 0.3) is 0 Å². The van der Waals surface area contributed by atoms with Crippen molar-refractivity contribution in [1.82, 2.24) is 20.0 Å². The molecule has 1 atom stereocenters. The lowest BCUT2D eigenvalue weighted by Gasteiger charge is -2.32. The predicted octanol–water partition coefficient (Wildman–Crippen LogP) is 3.52. The number of nitrogens with zero attached hydrogens (tertiary/aromatic N) is 3. The summed E-state index contributed by atoms with van der Waals surface area (Å²) in [6.07, 6.45) is 7.93. The molecule has 2 aliphatic rings. The molecule has 0 radical (unpaired) electrons. The van der Waals surface area contributed by atoms with Crippen LogP contribution in [0.25, 0.3) is 11.3 Å². The van der Waals surface area contributed by atoms with Gasteiger partial charge in [0.2, 0.25) is 0 Å². The number of hydrogen-bond donors (Lipinski definition) is 2. The Morgan fingerprint density at radius 3 is 2.77 bits per heavy atom. The van der Waals surface area contributed by atoms with E-state index < -0.39 is 6.10 Å². The van der Waals surface area contributed by atoms with Gasteiger partial charge in [-0.2, -0.15) is 0 Å². The Morgan fingerprint density at radius 1 is 1.23 bits per heavy atom. The monoisotopic (exact) mass is 402 g/mol. The van der Waals surface area contributed by atoms with Crippen LogP contribution in [0, 0.1) is 17.8 Å². The van der Waals surface area contributed by atoms with Crippen molar-refractivity contribution in [3.8, 4) is 23.2 Å². The Bertz CT molecular complexity index is 1060. The Kier molecular flexibility index (Phi) is 5.16. The summed E-state index contributed by atoms with van der Waals surface area (Å²) in [4.78, 5) is 4.18. The molecule has 6 heteroatoms. The zero-order valence-corrected chi connectivity index (χ0v) is 17.1. The molecule has 0 bridgehead atoms. The average molecular weight is 402 g/mol. The van der Waals surface area contributed by atoms with Crippen molar-refractivity contribution in [2.75, 3.05) is 0 Å². The molecule has 6 nitrogen and oxygen atoms in total. The van der Waals surface area contributed by atoms with Crippen LogP contribution >= 0.6 is 0 Å². The highest BCUT2D eigenvalue weighted by molar-refractivity contribution is 5.59. The van der Waals surface area contributed by atoms with E-state index in [0.29, 0.717) is 24.3 Å². The minimum absolute atomic E-state index is 0.505. The van der Waals surface area contributed by atoms with Gasteiger partial charge >= 0.3 is 0 Å². The summed E-state index contributed by atoms with van der Waals surface area (Å²) in [6.45, 7) is 2.21. The number of imidazole rings is 1. The largest absolute Gasteiger partial charge is 0.385 e. The van der Waals surface area contributed by atoms with E-state index in [-0.39, 0.29) is 0 Å². The topological polar surface area (TPSA) is 76.1 Å². The van der Waals surface area contributed by atoms with E-state index in [1.165, 1.54) is 25.7 Å². The molecule has 0 saturated heterocycles. The summed E-state index contributed by atoms with van der Waals surface area (Å²) in [5.74, 6) is 8.57. The van der Waals surface area contributed by atoms with Gasteiger partial charge in [0, 0.05) is 47.6 Å².